The van der Waals surface area contributed by atoms with Crippen molar-refractivity contribution in [1.82, 2.24) is 0 Å². The summed E-state index contributed by atoms with van der Waals surface area (Å²) >= 11 is 0. The molecule has 1 aliphatic heterocycles. The van der Waals surface area contributed by atoms with Crippen LogP contribution in [0.1, 0.15) is 56.3 Å². The number of aliphatic hydroxyl groups excluding tert-OH is 1. The Labute approximate surface area is 154 Å². The van der Waals surface area contributed by atoms with Crippen molar-refractivity contribution in [2.45, 2.75) is 57.7 Å². The number of carbonyl (C=O) groups is 1. The standard InChI is InChI=1S/C21H28O5/c1-12-13-4-5-17-20(18(22)24-2)7-3-8-21(17,19(23)26-11-20)15(13)10-16-14(12)6-9-25-16/h6,9,12-13,15,17,19,23H,3-5,7-8,10-11H2,1-2H3. The molecule has 2 saturated carbocycles. The third kappa shape index (κ3) is 1.86. The largest absolute Gasteiger partial charge is 0.469 e. The Bertz CT molecular complexity index is 726. The van der Waals surface area contributed by atoms with E-state index in [1.165, 1.54) is 12.7 Å². The molecule has 5 rings (SSSR count). The average Bonchev–Trinajstić information content (AvgIpc) is 3.13. The second-order valence-electron chi connectivity index (χ2n) is 8.97. The van der Waals surface area contributed by atoms with Gasteiger partial charge in [-0.25, -0.2) is 0 Å². The molecule has 26 heavy (non-hydrogen) atoms. The van der Waals surface area contributed by atoms with Gasteiger partial charge in [0.1, 0.15) is 5.76 Å². The molecule has 0 spiro atoms. The fourth-order valence-corrected chi connectivity index (χ4v) is 7.35. The number of hydrogen-bond donors (Lipinski definition) is 1. The Morgan fingerprint density at radius 1 is 1.35 bits per heavy atom. The molecule has 0 amide bonds. The number of furan rings is 1. The SMILES string of the molecule is COC(=O)C12CCCC3(C(O)OC1)C1Cc4occc4C(C)C1CCC23. The highest BCUT2D eigenvalue weighted by molar-refractivity contribution is 5.78. The number of rotatable bonds is 1. The molecule has 0 aromatic carbocycles. The fraction of sp³-hybridized carbons (Fsp3) is 0.762. The van der Waals surface area contributed by atoms with Crippen LogP contribution in [0.3, 0.4) is 0 Å². The molecule has 1 aromatic heterocycles. The van der Waals surface area contributed by atoms with Gasteiger partial charge in [-0.3, -0.25) is 4.79 Å². The van der Waals surface area contributed by atoms with Crippen LogP contribution in [0, 0.1) is 28.6 Å². The van der Waals surface area contributed by atoms with Crippen LogP contribution < -0.4 is 0 Å². The fourth-order valence-electron chi connectivity index (χ4n) is 7.35. The van der Waals surface area contributed by atoms with Gasteiger partial charge in [0.15, 0.2) is 6.29 Å². The van der Waals surface area contributed by atoms with Crippen LogP contribution in [0.5, 0.6) is 0 Å². The lowest BCUT2D eigenvalue weighted by Crippen LogP contribution is -2.68. The monoisotopic (exact) mass is 360 g/mol. The van der Waals surface area contributed by atoms with E-state index in [0.29, 0.717) is 11.8 Å². The summed E-state index contributed by atoms with van der Waals surface area (Å²) in [6.07, 6.45) is 6.55. The average molecular weight is 360 g/mol. The smallest absolute Gasteiger partial charge is 0.314 e. The van der Waals surface area contributed by atoms with Crippen LogP contribution >= 0.6 is 0 Å². The van der Waals surface area contributed by atoms with Crippen LogP contribution in [0.2, 0.25) is 0 Å². The molecule has 7 atom stereocenters. The highest BCUT2D eigenvalue weighted by Crippen LogP contribution is 2.68. The lowest BCUT2D eigenvalue weighted by Gasteiger charge is -2.66. The number of methoxy groups -OCH3 is 1. The zero-order valence-electron chi connectivity index (χ0n) is 15.6. The maximum Gasteiger partial charge on any atom is 0.314 e. The molecule has 4 aliphatic rings. The van der Waals surface area contributed by atoms with Gasteiger partial charge in [-0.05, 0) is 61.0 Å². The number of carbonyl (C=O) groups excluding carboxylic acids is 1. The number of hydrogen-bond acceptors (Lipinski definition) is 5. The Morgan fingerprint density at radius 2 is 2.19 bits per heavy atom. The summed E-state index contributed by atoms with van der Waals surface area (Å²) in [6.45, 7) is 2.57. The summed E-state index contributed by atoms with van der Waals surface area (Å²) < 4.78 is 16.9. The molecular formula is C21H28O5. The lowest BCUT2D eigenvalue weighted by atomic mass is 9.41. The van der Waals surface area contributed by atoms with Crippen molar-refractivity contribution in [2.24, 2.45) is 28.6 Å². The highest BCUT2D eigenvalue weighted by Gasteiger charge is 2.69. The number of esters is 1. The van der Waals surface area contributed by atoms with Crippen molar-refractivity contribution in [3.63, 3.8) is 0 Å². The first kappa shape index (κ1) is 16.8. The van der Waals surface area contributed by atoms with Gasteiger partial charge in [-0.15, -0.1) is 0 Å². The topological polar surface area (TPSA) is 68.9 Å². The molecule has 2 bridgehead atoms. The maximum absolute atomic E-state index is 12.8. The Balaban J connectivity index is 1.63. The summed E-state index contributed by atoms with van der Waals surface area (Å²) in [5.41, 5.74) is 0.360. The number of fused-ring (bicyclic) bond motifs is 2. The summed E-state index contributed by atoms with van der Waals surface area (Å²) in [7, 11) is 1.47. The second kappa shape index (κ2) is 5.59. The Hall–Kier alpha value is -1.33. The summed E-state index contributed by atoms with van der Waals surface area (Å²) in [6, 6.07) is 2.10. The van der Waals surface area contributed by atoms with Gasteiger partial charge in [-0.1, -0.05) is 13.3 Å². The van der Waals surface area contributed by atoms with E-state index in [1.54, 1.807) is 6.26 Å². The van der Waals surface area contributed by atoms with Gasteiger partial charge >= 0.3 is 5.97 Å². The summed E-state index contributed by atoms with van der Waals surface area (Å²) in [5.74, 6) is 2.24. The lowest BCUT2D eigenvalue weighted by molar-refractivity contribution is -0.319. The minimum absolute atomic E-state index is 0.130. The summed E-state index contributed by atoms with van der Waals surface area (Å²) in [5, 5.41) is 11.1. The van der Waals surface area contributed by atoms with Crippen LogP contribution in [0.15, 0.2) is 16.7 Å². The minimum Gasteiger partial charge on any atom is -0.469 e. The molecule has 7 unspecified atom stereocenters. The molecule has 2 heterocycles. The van der Waals surface area contributed by atoms with Crippen molar-refractivity contribution in [1.29, 1.82) is 0 Å². The van der Waals surface area contributed by atoms with Gasteiger partial charge < -0.3 is 19.0 Å². The van der Waals surface area contributed by atoms with E-state index in [2.05, 4.69) is 13.0 Å². The van der Waals surface area contributed by atoms with E-state index in [-0.39, 0.29) is 29.8 Å². The van der Waals surface area contributed by atoms with Crippen LogP contribution in [0.4, 0.5) is 0 Å². The van der Waals surface area contributed by atoms with Crippen molar-refractivity contribution in [3.05, 3.63) is 23.7 Å². The zero-order valence-corrected chi connectivity index (χ0v) is 15.6. The Kier molecular flexibility index (Phi) is 3.61. The van der Waals surface area contributed by atoms with E-state index in [9.17, 15) is 9.90 Å². The van der Waals surface area contributed by atoms with Gasteiger partial charge in [0.2, 0.25) is 0 Å². The summed E-state index contributed by atoms with van der Waals surface area (Å²) in [4.78, 5) is 12.8. The maximum atomic E-state index is 12.8. The zero-order chi connectivity index (χ0) is 18.1. The number of aliphatic hydroxyl groups is 1. The molecule has 1 saturated heterocycles. The molecular weight excluding hydrogens is 332 g/mol. The van der Waals surface area contributed by atoms with E-state index < -0.39 is 11.7 Å². The molecule has 3 fully saturated rings. The van der Waals surface area contributed by atoms with E-state index in [0.717, 1.165) is 44.3 Å². The van der Waals surface area contributed by atoms with E-state index >= 15 is 0 Å². The first-order chi connectivity index (χ1) is 12.5. The van der Waals surface area contributed by atoms with E-state index in [4.69, 9.17) is 13.9 Å². The first-order valence-corrected chi connectivity index (χ1v) is 9.99. The molecule has 142 valence electrons. The van der Waals surface area contributed by atoms with Gasteiger partial charge in [-0.2, -0.15) is 0 Å². The third-order valence-corrected chi connectivity index (χ3v) is 8.41. The van der Waals surface area contributed by atoms with E-state index in [1.807, 2.05) is 0 Å². The van der Waals surface area contributed by atoms with Gasteiger partial charge in [0, 0.05) is 11.8 Å². The molecule has 1 aromatic rings. The molecule has 1 N–H and O–H groups in total. The quantitative estimate of drug-likeness (QED) is 0.779. The predicted octanol–water partition coefficient (Wildman–Crippen LogP) is 3.26. The minimum atomic E-state index is -0.804. The van der Waals surface area contributed by atoms with Crippen molar-refractivity contribution in [3.8, 4) is 0 Å². The molecule has 5 heteroatoms. The molecule has 5 nitrogen and oxygen atoms in total. The first-order valence-electron chi connectivity index (χ1n) is 9.99. The van der Waals surface area contributed by atoms with Crippen LogP contribution in [-0.4, -0.2) is 31.1 Å². The normalized spacial score (nSPS) is 46.7. The van der Waals surface area contributed by atoms with Gasteiger partial charge in [0.05, 0.1) is 25.4 Å². The Morgan fingerprint density at radius 3 is 3.00 bits per heavy atom. The highest BCUT2D eigenvalue weighted by atomic mass is 16.6. The number of ether oxygens (including phenoxy) is 2. The van der Waals surface area contributed by atoms with Gasteiger partial charge in [0.25, 0.3) is 0 Å². The van der Waals surface area contributed by atoms with Crippen LogP contribution in [0.25, 0.3) is 0 Å². The predicted molar refractivity (Wildman–Crippen MR) is 93.2 cm³/mol. The van der Waals surface area contributed by atoms with Crippen molar-refractivity contribution in [2.75, 3.05) is 13.7 Å². The second-order valence-corrected chi connectivity index (χ2v) is 8.97. The van der Waals surface area contributed by atoms with Crippen molar-refractivity contribution >= 4 is 5.97 Å². The molecule has 3 aliphatic carbocycles. The van der Waals surface area contributed by atoms with Crippen molar-refractivity contribution < 1.29 is 23.8 Å². The van der Waals surface area contributed by atoms with Crippen LogP contribution in [-0.2, 0) is 20.7 Å². The molecule has 0 radical (unpaired) electrons. The third-order valence-electron chi connectivity index (χ3n) is 8.41.